The summed E-state index contributed by atoms with van der Waals surface area (Å²) >= 11 is 0. The van der Waals surface area contributed by atoms with E-state index >= 15 is 0 Å². The average molecular weight is 302 g/mol. The van der Waals surface area contributed by atoms with Crippen LogP contribution in [-0.4, -0.2) is 53.6 Å². The lowest BCUT2D eigenvalue weighted by Crippen LogP contribution is -2.45. The van der Waals surface area contributed by atoms with Gasteiger partial charge < -0.3 is 4.90 Å². The number of nitrogens with one attached hydrogen (secondary N) is 1. The molecule has 0 saturated carbocycles. The Morgan fingerprint density at radius 3 is 2.95 bits per heavy atom. The summed E-state index contributed by atoms with van der Waals surface area (Å²) in [5.74, 6) is 0.0394. The first-order valence-corrected chi connectivity index (χ1v) is 7.86. The van der Waals surface area contributed by atoms with Crippen molar-refractivity contribution < 1.29 is 13.2 Å². The Morgan fingerprint density at radius 1 is 1.50 bits per heavy atom. The number of nitrogens with two attached hydrogens (primary N) is 1. The first-order chi connectivity index (χ1) is 9.44. The molecule has 1 aliphatic heterocycles. The zero-order chi connectivity index (χ0) is 14.6. The predicted octanol–water partition coefficient (Wildman–Crippen LogP) is -1.69. The third-order valence-electron chi connectivity index (χ3n) is 3.21. The number of carbonyl (C=O) groups is 1. The molecule has 1 amide bonds. The second-order valence-corrected chi connectivity index (χ2v) is 6.21. The SMILES string of the molecule is NS(=O)(=O)NCC1CCCN(C(=O)Cn2cncn2)C1. The van der Waals surface area contributed by atoms with Gasteiger partial charge in [-0.25, -0.2) is 19.5 Å². The highest BCUT2D eigenvalue weighted by atomic mass is 32.2. The van der Waals surface area contributed by atoms with Gasteiger partial charge in [0.1, 0.15) is 19.2 Å². The second kappa shape index (κ2) is 6.29. The molecule has 1 atom stereocenters. The van der Waals surface area contributed by atoms with Crippen LogP contribution in [0.1, 0.15) is 12.8 Å². The number of piperidine rings is 1. The first kappa shape index (κ1) is 14.9. The lowest BCUT2D eigenvalue weighted by Gasteiger charge is -2.32. The highest BCUT2D eigenvalue weighted by Gasteiger charge is 2.24. The van der Waals surface area contributed by atoms with Crippen LogP contribution < -0.4 is 9.86 Å². The highest BCUT2D eigenvalue weighted by Crippen LogP contribution is 2.16. The van der Waals surface area contributed by atoms with E-state index in [1.807, 2.05) is 0 Å². The number of nitrogens with zero attached hydrogens (tertiary/aromatic N) is 4. The van der Waals surface area contributed by atoms with Gasteiger partial charge in [0.15, 0.2) is 0 Å². The predicted molar refractivity (Wildman–Crippen MR) is 70.4 cm³/mol. The second-order valence-electron chi connectivity index (χ2n) is 4.83. The van der Waals surface area contributed by atoms with Crippen LogP contribution in [0.4, 0.5) is 0 Å². The Bertz CT molecular complexity index is 543. The lowest BCUT2D eigenvalue weighted by atomic mass is 9.98. The molecule has 1 fully saturated rings. The first-order valence-electron chi connectivity index (χ1n) is 6.31. The van der Waals surface area contributed by atoms with E-state index in [1.165, 1.54) is 17.3 Å². The monoisotopic (exact) mass is 302 g/mol. The minimum absolute atomic E-state index is 0.0456. The molecular formula is C10H18N6O3S. The summed E-state index contributed by atoms with van der Waals surface area (Å²) in [4.78, 5) is 17.6. The largest absolute Gasteiger partial charge is 0.341 e. The number of carbonyl (C=O) groups excluding carboxylic acids is 1. The maximum atomic E-state index is 12.1. The maximum Gasteiger partial charge on any atom is 0.274 e. The van der Waals surface area contributed by atoms with Gasteiger partial charge in [-0.2, -0.15) is 13.5 Å². The molecule has 112 valence electrons. The molecule has 1 unspecified atom stereocenters. The van der Waals surface area contributed by atoms with Crippen molar-refractivity contribution in [2.75, 3.05) is 19.6 Å². The summed E-state index contributed by atoms with van der Waals surface area (Å²) in [6, 6.07) is 0. The van der Waals surface area contributed by atoms with E-state index in [1.54, 1.807) is 4.90 Å². The van der Waals surface area contributed by atoms with Gasteiger partial charge in [0.05, 0.1) is 0 Å². The number of rotatable bonds is 5. The molecule has 2 heterocycles. The molecule has 3 N–H and O–H groups in total. The molecule has 1 saturated heterocycles. The summed E-state index contributed by atoms with van der Waals surface area (Å²) in [7, 11) is -3.68. The molecule has 2 rings (SSSR count). The molecule has 0 spiro atoms. The van der Waals surface area contributed by atoms with Crippen molar-refractivity contribution in [3.05, 3.63) is 12.7 Å². The van der Waals surface area contributed by atoms with Crippen molar-refractivity contribution >= 4 is 16.1 Å². The third-order valence-corrected chi connectivity index (χ3v) is 3.78. The van der Waals surface area contributed by atoms with E-state index in [9.17, 15) is 13.2 Å². The molecule has 20 heavy (non-hydrogen) atoms. The van der Waals surface area contributed by atoms with Gasteiger partial charge in [-0.15, -0.1) is 0 Å². The summed E-state index contributed by atoms with van der Waals surface area (Å²) in [6.45, 7) is 1.61. The highest BCUT2D eigenvalue weighted by molar-refractivity contribution is 7.87. The topological polar surface area (TPSA) is 123 Å². The van der Waals surface area contributed by atoms with Gasteiger partial charge in [-0.05, 0) is 18.8 Å². The van der Waals surface area contributed by atoms with Gasteiger partial charge in [0, 0.05) is 19.6 Å². The van der Waals surface area contributed by atoms with Crippen molar-refractivity contribution in [2.45, 2.75) is 19.4 Å². The van der Waals surface area contributed by atoms with E-state index in [-0.39, 0.29) is 24.9 Å². The average Bonchev–Trinajstić information content (AvgIpc) is 2.89. The molecule has 1 aromatic heterocycles. The van der Waals surface area contributed by atoms with Crippen molar-refractivity contribution in [2.24, 2.45) is 11.1 Å². The summed E-state index contributed by atoms with van der Waals surface area (Å²) < 4.78 is 25.5. The molecule has 0 bridgehead atoms. The fourth-order valence-electron chi connectivity index (χ4n) is 2.25. The Labute approximate surface area is 117 Å². The van der Waals surface area contributed by atoms with Crippen LogP contribution in [0.2, 0.25) is 0 Å². The molecule has 9 nitrogen and oxygen atoms in total. The van der Waals surface area contributed by atoms with Crippen LogP contribution >= 0.6 is 0 Å². The van der Waals surface area contributed by atoms with Crippen molar-refractivity contribution in [1.29, 1.82) is 0 Å². The van der Waals surface area contributed by atoms with Crippen molar-refractivity contribution in [3.63, 3.8) is 0 Å². The zero-order valence-electron chi connectivity index (χ0n) is 11.0. The van der Waals surface area contributed by atoms with Crippen molar-refractivity contribution in [3.8, 4) is 0 Å². The lowest BCUT2D eigenvalue weighted by molar-refractivity contribution is -0.133. The minimum atomic E-state index is -3.68. The minimum Gasteiger partial charge on any atom is -0.341 e. The Kier molecular flexibility index (Phi) is 4.68. The molecule has 0 aromatic carbocycles. The molecule has 0 aliphatic carbocycles. The van der Waals surface area contributed by atoms with Gasteiger partial charge in [-0.3, -0.25) is 4.79 Å². The normalized spacial score (nSPS) is 20.1. The number of likely N-dealkylation sites (tertiary alicyclic amines) is 1. The third kappa shape index (κ3) is 4.54. The summed E-state index contributed by atoms with van der Waals surface area (Å²) in [6.07, 6.45) is 4.58. The Hall–Kier alpha value is -1.52. The molecule has 0 radical (unpaired) electrons. The number of aromatic nitrogens is 3. The van der Waals surface area contributed by atoms with E-state index in [4.69, 9.17) is 5.14 Å². The fraction of sp³-hybridized carbons (Fsp3) is 0.700. The van der Waals surface area contributed by atoms with Crippen LogP contribution in [-0.2, 0) is 21.5 Å². The molecule has 1 aromatic rings. The van der Waals surface area contributed by atoms with Crippen LogP contribution in [0, 0.1) is 5.92 Å². The number of hydrogen-bond acceptors (Lipinski definition) is 5. The summed E-state index contributed by atoms with van der Waals surface area (Å²) in [5.41, 5.74) is 0. The zero-order valence-corrected chi connectivity index (χ0v) is 11.8. The van der Waals surface area contributed by atoms with Crippen molar-refractivity contribution in [1.82, 2.24) is 24.4 Å². The van der Waals surface area contributed by atoms with Crippen LogP contribution in [0.5, 0.6) is 0 Å². The van der Waals surface area contributed by atoms with E-state index in [0.29, 0.717) is 13.1 Å². The Balaban J connectivity index is 1.85. The van der Waals surface area contributed by atoms with Crippen LogP contribution in [0.25, 0.3) is 0 Å². The number of hydrogen-bond donors (Lipinski definition) is 2. The van der Waals surface area contributed by atoms with E-state index in [0.717, 1.165) is 12.8 Å². The molecule has 10 heteroatoms. The quantitative estimate of drug-likeness (QED) is 0.671. The van der Waals surface area contributed by atoms with Gasteiger partial charge in [0.2, 0.25) is 5.91 Å². The fourth-order valence-corrected chi connectivity index (χ4v) is 2.71. The van der Waals surface area contributed by atoms with Gasteiger partial charge >= 0.3 is 0 Å². The maximum absolute atomic E-state index is 12.1. The Morgan fingerprint density at radius 2 is 2.30 bits per heavy atom. The van der Waals surface area contributed by atoms with Gasteiger partial charge in [-0.1, -0.05) is 0 Å². The van der Waals surface area contributed by atoms with Gasteiger partial charge in [0.25, 0.3) is 10.2 Å². The smallest absolute Gasteiger partial charge is 0.274 e. The number of amides is 1. The van der Waals surface area contributed by atoms with E-state index < -0.39 is 10.2 Å². The summed E-state index contributed by atoms with van der Waals surface area (Å²) in [5, 5.41) is 8.79. The molecule has 1 aliphatic rings. The standard InChI is InChI=1S/C10H18N6O3S/c11-20(18,19)14-4-9-2-1-3-15(5-9)10(17)6-16-8-12-7-13-16/h7-9,14H,1-6H2,(H2,11,18,19). The van der Waals surface area contributed by atoms with Crippen LogP contribution in [0.15, 0.2) is 12.7 Å². The van der Waals surface area contributed by atoms with Crippen LogP contribution in [0.3, 0.4) is 0 Å². The molecular weight excluding hydrogens is 284 g/mol. The van der Waals surface area contributed by atoms with E-state index in [2.05, 4.69) is 14.8 Å².